The highest BCUT2D eigenvalue weighted by molar-refractivity contribution is 5.34. The summed E-state index contributed by atoms with van der Waals surface area (Å²) in [7, 11) is 0. The molecular weight excluding hydrogens is 237 g/mol. The highest BCUT2D eigenvalue weighted by Crippen LogP contribution is 2.22. The zero-order valence-electron chi connectivity index (χ0n) is 10.3. The molecule has 0 radical (unpaired) electrons. The van der Waals surface area contributed by atoms with E-state index in [2.05, 4.69) is 4.90 Å². The van der Waals surface area contributed by atoms with Gasteiger partial charge >= 0.3 is 0 Å². The lowest BCUT2D eigenvalue weighted by Crippen LogP contribution is -2.38. The Morgan fingerprint density at radius 3 is 2.83 bits per heavy atom. The molecular formula is C13H18FNO3. The van der Waals surface area contributed by atoms with Crippen LogP contribution in [0.15, 0.2) is 18.2 Å². The molecule has 1 aromatic rings. The first kappa shape index (κ1) is 13.3. The zero-order chi connectivity index (χ0) is 12.8. The van der Waals surface area contributed by atoms with Gasteiger partial charge in [0.15, 0.2) is 11.6 Å². The van der Waals surface area contributed by atoms with Crippen LogP contribution in [0.5, 0.6) is 5.75 Å². The average Bonchev–Trinajstić information content (AvgIpc) is 2.41. The van der Waals surface area contributed by atoms with E-state index < -0.39 is 5.82 Å². The van der Waals surface area contributed by atoms with Gasteiger partial charge in [0.25, 0.3) is 0 Å². The summed E-state index contributed by atoms with van der Waals surface area (Å²) in [5, 5.41) is 9.12. The summed E-state index contributed by atoms with van der Waals surface area (Å²) in [6.07, 6.45) is 0. The van der Waals surface area contributed by atoms with Gasteiger partial charge in [0.1, 0.15) is 6.61 Å². The Kier molecular flexibility index (Phi) is 4.92. The second kappa shape index (κ2) is 6.68. The number of morpholine rings is 1. The molecule has 0 saturated carbocycles. The quantitative estimate of drug-likeness (QED) is 0.853. The minimum Gasteiger partial charge on any atom is -0.489 e. The fourth-order valence-corrected chi connectivity index (χ4v) is 1.94. The highest BCUT2D eigenvalue weighted by atomic mass is 19.1. The molecule has 1 saturated heterocycles. The molecule has 0 amide bonds. The van der Waals surface area contributed by atoms with Crippen LogP contribution in [0.1, 0.15) is 5.56 Å². The molecule has 100 valence electrons. The Bertz CT molecular complexity index is 380. The summed E-state index contributed by atoms with van der Waals surface area (Å²) >= 11 is 0. The van der Waals surface area contributed by atoms with Crippen LogP contribution in [0.3, 0.4) is 0 Å². The van der Waals surface area contributed by atoms with E-state index in [0.717, 1.165) is 32.8 Å². The first-order chi connectivity index (χ1) is 8.81. The van der Waals surface area contributed by atoms with Crippen molar-refractivity contribution in [2.75, 3.05) is 39.5 Å². The maximum absolute atomic E-state index is 13.5. The fourth-order valence-electron chi connectivity index (χ4n) is 1.94. The summed E-state index contributed by atoms with van der Waals surface area (Å²) in [5.41, 5.74) is 0.483. The normalized spacial score (nSPS) is 16.8. The van der Waals surface area contributed by atoms with E-state index in [1.807, 2.05) is 0 Å². The number of ether oxygens (including phenoxy) is 2. The number of para-hydroxylation sites is 1. The number of aliphatic hydroxyl groups excluding tert-OH is 1. The molecule has 1 heterocycles. The molecule has 0 spiro atoms. The molecule has 1 aliphatic heterocycles. The van der Waals surface area contributed by atoms with Crippen molar-refractivity contribution in [3.05, 3.63) is 29.6 Å². The Balaban J connectivity index is 1.85. The summed E-state index contributed by atoms with van der Waals surface area (Å²) in [5.74, 6) is -0.267. The molecule has 18 heavy (non-hydrogen) atoms. The first-order valence-electron chi connectivity index (χ1n) is 6.12. The number of hydrogen-bond donors (Lipinski definition) is 1. The lowest BCUT2D eigenvalue weighted by Gasteiger charge is -2.26. The molecule has 1 aliphatic rings. The van der Waals surface area contributed by atoms with Gasteiger partial charge in [-0.15, -0.1) is 0 Å². The van der Waals surface area contributed by atoms with E-state index in [0.29, 0.717) is 12.2 Å². The summed E-state index contributed by atoms with van der Waals surface area (Å²) in [4.78, 5) is 2.21. The molecule has 0 bridgehead atoms. The monoisotopic (exact) mass is 255 g/mol. The van der Waals surface area contributed by atoms with E-state index in [-0.39, 0.29) is 12.4 Å². The Morgan fingerprint density at radius 1 is 1.33 bits per heavy atom. The van der Waals surface area contributed by atoms with Crippen molar-refractivity contribution in [2.24, 2.45) is 0 Å². The summed E-state index contributed by atoms with van der Waals surface area (Å²) in [6, 6.07) is 4.56. The molecule has 4 nitrogen and oxygen atoms in total. The smallest absolute Gasteiger partial charge is 0.165 e. The minimum atomic E-state index is -0.427. The van der Waals surface area contributed by atoms with Crippen LogP contribution in [-0.4, -0.2) is 49.5 Å². The van der Waals surface area contributed by atoms with Crippen molar-refractivity contribution < 1.29 is 19.0 Å². The van der Waals surface area contributed by atoms with Gasteiger partial charge in [0, 0.05) is 25.2 Å². The van der Waals surface area contributed by atoms with Crippen LogP contribution in [0, 0.1) is 5.82 Å². The standard InChI is InChI=1S/C13H18FNO3/c14-12-3-1-2-11(10-16)13(12)18-9-6-15-4-7-17-8-5-15/h1-3,16H,4-10H2. The van der Waals surface area contributed by atoms with Crippen LogP contribution in [0.4, 0.5) is 4.39 Å². The van der Waals surface area contributed by atoms with E-state index in [4.69, 9.17) is 14.6 Å². The third-order valence-corrected chi connectivity index (χ3v) is 2.98. The highest BCUT2D eigenvalue weighted by Gasteiger charge is 2.12. The van der Waals surface area contributed by atoms with Gasteiger partial charge < -0.3 is 14.6 Å². The van der Waals surface area contributed by atoms with Crippen LogP contribution in [0.25, 0.3) is 0 Å². The van der Waals surface area contributed by atoms with Crippen LogP contribution in [0.2, 0.25) is 0 Å². The average molecular weight is 255 g/mol. The fraction of sp³-hybridized carbons (Fsp3) is 0.538. The van der Waals surface area contributed by atoms with Gasteiger partial charge in [-0.3, -0.25) is 4.90 Å². The maximum Gasteiger partial charge on any atom is 0.165 e. The van der Waals surface area contributed by atoms with E-state index in [1.54, 1.807) is 12.1 Å². The van der Waals surface area contributed by atoms with Gasteiger partial charge in [0.2, 0.25) is 0 Å². The van der Waals surface area contributed by atoms with Crippen molar-refractivity contribution in [3.63, 3.8) is 0 Å². The van der Waals surface area contributed by atoms with Crippen molar-refractivity contribution in [1.29, 1.82) is 0 Å². The minimum absolute atomic E-state index is 0.160. The van der Waals surface area contributed by atoms with Gasteiger partial charge in [-0.1, -0.05) is 12.1 Å². The molecule has 2 rings (SSSR count). The lowest BCUT2D eigenvalue weighted by molar-refractivity contribution is 0.0319. The lowest BCUT2D eigenvalue weighted by atomic mass is 10.2. The Morgan fingerprint density at radius 2 is 2.11 bits per heavy atom. The van der Waals surface area contributed by atoms with Gasteiger partial charge in [-0.2, -0.15) is 0 Å². The van der Waals surface area contributed by atoms with E-state index in [9.17, 15) is 4.39 Å². The van der Waals surface area contributed by atoms with Gasteiger partial charge in [0.05, 0.1) is 19.8 Å². The van der Waals surface area contributed by atoms with Crippen molar-refractivity contribution in [1.82, 2.24) is 4.90 Å². The number of aliphatic hydroxyl groups is 1. The number of nitrogens with zero attached hydrogens (tertiary/aromatic N) is 1. The first-order valence-corrected chi connectivity index (χ1v) is 6.12. The third kappa shape index (κ3) is 3.41. The largest absolute Gasteiger partial charge is 0.489 e. The topological polar surface area (TPSA) is 41.9 Å². The number of halogens is 1. The SMILES string of the molecule is OCc1cccc(F)c1OCCN1CCOCC1. The van der Waals surface area contributed by atoms with Crippen LogP contribution < -0.4 is 4.74 Å². The van der Waals surface area contributed by atoms with Crippen LogP contribution >= 0.6 is 0 Å². The molecule has 1 N–H and O–H groups in total. The van der Waals surface area contributed by atoms with Crippen molar-refractivity contribution in [2.45, 2.75) is 6.61 Å². The number of benzene rings is 1. The third-order valence-electron chi connectivity index (χ3n) is 2.98. The molecule has 1 aromatic carbocycles. The van der Waals surface area contributed by atoms with Crippen molar-refractivity contribution >= 4 is 0 Å². The number of rotatable bonds is 5. The molecule has 1 fully saturated rings. The maximum atomic E-state index is 13.5. The van der Waals surface area contributed by atoms with Gasteiger partial charge in [-0.05, 0) is 6.07 Å². The molecule has 0 atom stereocenters. The predicted octanol–water partition coefficient (Wildman–Crippen LogP) is 1.03. The molecule has 0 unspecified atom stereocenters. The number of hydrogen-bond acceptors (Lipinski definition) is 4. The van der Waals surface area contributed by atoms with Crippen molar-refractivity contribution in [3.8, 4) is 5.75 Å². The summed E-state index contributed by atoms with van der Waals surface area (Å²) in [6.45, 7) is 4.17. The molecule has 0 aliphatic carbocycles. The molecule has 0 aromatic heterocycles. The Hall–Kier alpha value is -1.17. The van der Waals surface area contributed by atoms with E-state index >= 15 is 0 Å². The second-order valence-corrected chi connectivity index (χ2v) is 4.19. The molecule has 5 heteroatoms. The zero-order valence-corrected chi connectivity index (χ0v) is 10.3. The summed E-state index contributed by atoms with van der Waals surface area (Å²) < 4.78 is 24.2. The van der Waals surface area contributed by atoms with Crippen LogP contribution in [-0.2, 0) is 11.3 Å². The second-order valence-electron chi connectivity index (χ2n) is 4.19. The van der Waals surface area contributed by atoms with E-state index in [1.165, 1.54) is 6.07 Å². The Labute approximate surface area is 106 Å². The van der Waals surface area contributed by atoms with Gasteiger partial charge in [-0.25, -0.2) is 4.39 Å². The predicted molar refractivity (Wildman–Crippen MR) is 65.1 cm³/mol.